The molecule has 1 fully saturated rings. The van der Waals surface area contributed by atoms with Crippen molar-refractivity contribution in [3.63, 3.8) is 0 Å². The topological polar surface area (TPSA) is 131 Å². The molecule has 8 heteroatoms. The van der Waals surface area contributed by atoms with Crippen molar-refractivity contribution in [2.45, 2.75) is 24.5 Å². The Morgan fingerprint density at radius 3 is 2.76 bits per heavy atom. The Morgan fingerprint density at radius 1 is 1.53 bits per heavy atom. The first-order valence-electron chi connectivity index (χ1n) is 5.06. The van der Waals surface area contributed by atoms with Crippen molar-refractivity contribution in [2.75, 3.05) is 6.61 Å². The third-order valence-electron chi connectivity index (χ3n) is 2.72. The maximum atomic E-state index is 11.5. The lowest BCUT2D eigenvalue weighted by atomic mass is 10.1. The number of aromatic nitrogens is 2. The van der Waals surface area contributed by atoms with Crippen molar-refractivity contribution in [2.24, 2.45) is 5.73 Å². The maximum Gasteiger partial charge on any atom is 0.330 e. The van der Waals surface area contributed by atoms with Gasteiger partial charge < -0.3 is 20.7 Å². The van der Waals surface area contributed by atoms with Gasteiger partial charge in [-0.15, -0.1) is 0 Å². The highest BCUT2D eigenvalue weighted by molar-refractivity contribution is 4.94. The highest BCUT2D eigenvalue weighted by Gasteiger charge is 2.42. The van der Waals surface area contributed by atoms with Crippen LogP contribution >= 0.6 is 0 Å². The van der Waals surface area contributed by atoms with E-state index in [9.17, 15) is 14.7 Å². The van der Waals surface area contributed by atoms with E-state index in [2.05, 4.69) is 4.98 Å². The molecule has 1 aliphatic rings. The van der Waals surface area contributed by atoms with Crippen LogP contribution in [0.25, 0.3) is 0 Å². The van der Waals surface area contributed by atoms with E-state index in [0.29, 0.717) is 0 Å². The summed E-state index contributed by atoms with van der Waals surface area (Å²) in [7, 11) is 0. The zero-order chi connectivity index (χ0) is 12.6. The van der Waals surface area contributed by atoms with E-state index >= 15 is 0 Å². The summed E-state index contributed by atoms with van der Waals surface area (Å²) in [5.41, 5.74) is 4.48. The van der Waals surface area contributed by atoms with Crippen molar-refractivity contribution in [3.05, 3.63) is 33.1 Å². The molecule has 8 nitrogen and oxygen atoms in total. The third-order valence-corrected chi connectivity index (χ3v) is 2.72. The van der Waals surface area contributed by atoms with Gasteiger partial charge >= 0.3 is 5.69 Å². The van der Waals surface area contributed by atoms with Gasteiger partial charge in [0.2, 0.25) is 0 Å². The first kappa shape index (κ1) is 12.0. The van der Waals surface area contributed by atoms with E-state index in [4.69, 9.17) is 15.6 Å². The molecule has 0 saturated carbocycles. The number of aliphatic hydroxyl groups excluding tert-OH is 2. The molecule has 0 aliphatic carbocycles. The number of nitrogens with one attached hydrogen (secondary N) is 1. The lowest BCUT2D eigenvalue weighted by Gasteiger charge is -2.17. The molecule has 4 atom stereocenters. The second kappa shape index (κ2) is 4.41. The molecule has 1 unspecified atom stereocenters. The molecule has 17 heavy (non-hydrogen) atoms. The largest absolute Gasteiger partial charge is 0.394 e. The number of hydrogen-bond donors (Lipinski definition) is 4. The zero-order valence-electron chi connectivity index (χ0n) is 8.81. The summed E-state index contributed by atoms with van der Waals surface area (Å²) >= 11 is 0. The quantitative estimate of drug-likeness (QED) is 0.441. The number of nitrogens with two attached hydrogens (primary N) is 1. The van der Waals surface area contributed by atoms with Gasteiger partial charge in [-0.25, -0.2) is 4.79 Å². The number of rotatable bonds is 2. The molecule has 1 aliphatic heterocycles. The summed E-state index contributed by atoms with van der Waals surface area (Å²) in [6.45, 7) is -0.399. The minimum absolute atomic E-state index is 0.399. The van der Waals surface area contributed by atoms with E-state index in [1.807, 2.05) is 0 Å². The van der Waals surface area contributed by atoms with Gasteiger partial charge in [0.25, 0.3) is 5.56 Å². The minimum atomic E-state index is -1.07. The van der Waals surface area contributed by atoms with Crippen molar-refractivity contribution < 1.29 is 14.9 Å². The van der Waals surface area contributed by atoms with Crippen LogP contribution in [0.1, 0.15) is 6.23 Å². The molecular weight excluding hydrogens is 230 g/mol. The fraction of sp³-hybridized carbons (Fsp3) is 0.556. The maximum absolute atomic E-state index is 11.5. The molecule has 94 valence electrons. The molecule has 1 aromatic rings. The smallest absolute Gasteiger partial charge is 0.330 e. The Bertz CT molecular complexity index is 510. The second-order valence-electron chi connectivity index (χ2n) is 3.83. The van der Waals surface area contributed by atoms with Gasteiger partial charge in [-0.2, -0.15) is 0 Å². The highest BCUT2D eigenvalue weighted by atomic mass is 16.5. The Labute approximate surface area is 95.3 Å². The Hall–Kier alpha value is -1.48. The van der Waals surface area contributed by atoms with Crippen molar-refractivity contribution in [1.29, 1.82) is 0 Å². The lowest BCUT2D eigenvalue weighted by molar-refractivity contribution is -0.0465. The molecule has 0 aromatic carbocycles. The Morgan fingerprint density at radius 2 is 2.24 bits per heavy atom. The predicted molar refractivity (Wildman–Crippen MR) is 56.3 cm³/mol. The molecule has 0 amide bonds. The van der Waals surface area contributed by atoms with Gasteiger partial charge in [0.05, 0.1) is 12.6 Å². The number of hydrogen-bond acceptors (Lipinski definition) is 6. The van der Waals surface area contributed by atoms with E-state index in [-0.39, 0.29) is 0 Å². The number of aliphatic hydroxyl groups is 2. The summed E-state index contributed by atoms with van der Waals surface area (Å²) in [6, 6.07) is 0.298. The molecule has 1 aromatic heterocycles. The van der Waals surface area contributed by atoms with E-state index < -0.39 is 42.3 Å². The number of H-pyrrole nitrogens is 1. The van der Waals surface area contributed by atoms with Crippen LogP contribution in [-0.4, -0.2) is 44.6 Å². The third kappa shape index (κ3) is 2.03. The number of nitrogens with zero attached hydrogens (tertiary/aromatic N) is 1. The summed E-state index contributed by atoms with van der Waals surface area (Å²) < 4.78 is 6.33. The van der Waals surface area contributed by atoms with Crippen LogP contribution in [0.15, 0.2) is 21.9 Å². The van der Waals surface area contributed by atoms with Gasteiger partial charge in [0.15, 0.2) is 6.23 Å². The summed E-state index contributed by atoms with van der Waals surface area (Å²) in [5.74, 6) is 0. The molecule has 2 rings (SSSR count). The molecule has 0 bridgehead atoms. The van der Waals surface area contributed by atoms with Crippen LogP contribution in [0.2, 0.25) is 0 Å². The van der Waals surface area contributed by atoms with E-state index in [0.717, 1.165) is 10.6 Å². The fourth-order valence-corrected chi connectivity index (χ4v) is 1.80. The molecule has 0 spiro atoms. The summed E-state index contributed by atoms with van der Waals surface area (Å²) in [6.07, 6.45) is -1.58. The van der Waals surface area contributed by atoms with Gasteiger partial charge in [0.1, 0.15) is 12.2 Å². The standard InChI is InChI=1S/C9H13N3O5/c10-6-7(15)4(3-13)17-8(6)12-2-1-5(14)11-9(12)16/h1-2,4,6-8,13,15H,3,10H2,(H,11,14,16)/t4-,6-,7?,8-/m1/s1. The number of ether oxygens (including phenoxy) is 1. The van der Waals surface area contributed by atoms with Gasteiger partial charge in [-0.1, -0.05) is 0 Å². The molecule has 0 radical (unpaired) electrons. The zero-order valence-corrected chi connectivity index (χ0v) is 8.81. The van der Waals surface area contributed by atoms with Crippen molar-refractivity contribution >= 4 is 0 Å². The van der Waals surface area contributed by atoms with Crippen LogP contribution in [0.4, 0.5) is 0 Å². The average molecular weight is 243 g/mol. The van der Waals surface area contributed by atoms with Crippen LogP contribution in [-0.2, 0) is 4.74 Å². The van der Waals surface area contributed by atoms with Crippen LogP contribution in [0.3, 0.4) is 0 Å². The van der Waals surface area contributed by atoms with Gasteiger partial charge in [-0.05, 0) is 0 Å². The fourth-order valence-electron chi connectivity index (χ4n) is 1.80. The monoisotopic (exact) mass is 243 g/mol. The Kier molecular flexibility index (Phi) is 3.11. The lowest BCUT2D eigenvalue weighted by Crippen LogP contribution is -2.42. The SMILES string of the molecule is N[C@@H]1C(O)[C@@H](CO)O[C@H]1n1ccc(=O)[nH]c1=O. The van der Waals surface area contributed by atoms with Crippen LogP contribution < -0.4 is 17.0 Å². The van der Waals surface area contributed by atoms with Gasteiger partial charge in [-0.3, -0.25) is 14.3 Å². The van der Waals surface area contributed by atoms with Crippen molar-refractivity contribution in [3.8, 4) is 0 Å². The molecule has 1 saturated heterocycles. The summed E-state index contributed by atoms with van der Waals surface area (Å²) in [5, 5.41) is 18.6. The normalized spacial score (nSPS) is 32.9. The first-order chi connectivity index (χ1) is 8.04. The predicted octanol–water partition coefficient (Wildman–Crippen LogP) is -2.89. The van der Waals surface area contributed by atoms with Crippen LogP contribution in [0.5, 0.6) is 0 Å². The molecule has 2 heterocycles. The molecule has 5 N–H and O–H groups in total. The van der Waals surface area contributed by atoms with E-state index in [1.54, 1.807) is 0 Å². The van der Waals surface area contributed by atoms with Gasteiger partial charge in [0, 0.05) is 12.3 Å². The van der Waals surface area contributed by atoms with Crippen molar-refractivity contribution in [1.82, 2.24) is 9.55 Å². The highest BCUT2D eigenvalue weighted by Crippen LogP contribution is 2.26. The Balaban J connectivity index is 2.35. The number of aromatic amines is 1. The minimum Gasteiger partial charge on any atom is -0.394 e. The first-order valence-corrected chi connectivity index (χ1v) is 5.06. The molecular formula is C9H13N3O5. The summed E-state index contributed by atoms with van der Waals surface area (Å²) in [4.78, 5) is 24.5. The van der Waals surface area contributed by atoms with Crippen LogP contribution in [0, 0.1) is 0 Å². The average Bonchev–Trinajstić information content (AvgIpc) is 2.57. The van der Waals surface area contributed by atoms with E-state index in [1.165, 1.54) is 6.20 Å². The second-order valence-corrected chi connectivity index (χ2v) is 3.83.